The molecule has 0 saturated carbocycles. The highest BCUT2D eigenvalue weighted by molar-refractivity contribution is 5.75. The maximum absolute atomic E-state index is 11.8. The minimum absolute atomic E-state index is 0.0596. The molecule has 0 amide bonds. The van der Waals surface area contributed by atoms with Gasteiger partial charge in [0, 0.05) is 25.2 Å². The van der Waals surface area contributed by atoms with Crippen molar-refractivity contribution in [2.45, 2.75) is 109 Å². The summed E-state index contributed by atoms with van der Waals surface area (Å²) in [6.45, 7) is 8.02. The molecule has 0 aromatic carbocycles. The predicted octanol–water partition coefficient (Wildman–Crippen LogP) is 4.13. The van der Waals surface area contributed by atoms with Crippen LogP contribution in [0.15, 0.2) is 24.3 Å². The van der Waals surface area contributed by atoms with Gasteiger partial charge in [-0.1, -0.05) is 25.2 Å². The minimum atomic E-state index is -0.941. The van der Waals surface area contributed by atoms with E-state index in [-0.39, 0.29) is 30.2 Å². The van der Waals surface area contributed by atoms with Crippen LogP contribution in [0.1, 0.15) is 72.6 Å². The number of carbonyl (C=O) groups excluding carboxylic acids is 1. The van der Waals surface area contributed by atoms with Crippen molar-refractivity contribution in [1.29, 1.82) is 0 Å². The number of hydrogen-bond donors (Lipinski definition) is 1. The van der Waals surface area contributed by atoms with Crippen molar-refractivity contribution in [3.8, 4) is 0 Å². The molecule has 4 heterocycles. The summed E-state index contributed by atoms with van der Waals surface area (Å²) >= 11 is 0. The first-order valence-corrected chi connectivity index (χ1v) is 12.5. The van der Waals surface area contributed by atoms with Crippen LogP contribution in [0.5, 0.6) is 0 Å². The van der Waals surface area contributed by atoms with Gasteiger partial charge in [0.15, 0.2) is 17.7 Å². The fraction of sp³-hybridized carbons (Fsp3) is 0.769. The van der Waals surface area contributed by atoms with E-state index in [4.69, 9.17) is 23.7 Å². The van der Waals surface area contributed by atoms with Crippen LogP contribution in [-0.4, -0.2) is 59.6 Å². The summed E-state index contributed by atoms with van der Waals surface area (Å²) in [5, 5.41) is 9.32. The number of fused-ring (bicyclic) bond motifs is 1. The summed E-state index contributed by atoms with van der Waals surface area (Å²) in [5.74, 6) is -2.68. The molecule has 4 aliphatic heterocycles. The largest absolute Gasteiger partial charge is 0.479 e. The molecule has 0 aromatic heterocycles. The SMILES string of the molecule is C[C@H]1C[C@@H]2O[C@@H](C(=O)O)C[C@@H]2O[C@]12CC[C@]1(C=CC[C@@H](/C=C/CCCOC(=O)C(C)(C)C)O1)O2. The second-order valence-electron chi connectivity index (χ2n) is 11.0. The van der Waals surface area contributed by atoms with Crippen molar-refractivity contribution >= 4 is 11.9 Å². The molecule has 3 fully saturated rings. The normalized spacial score (nSPS) is 39.7. The molecule has 8 heteroatoms. The fourth-order valence-electron chi connectivity index (χ4n) is 5.15. The lowest BCUT2D eigenvalue weighted by Gasteiger charge is -2.45. The van der Waals surface area contributed by atoms with Gasteiger partial charge in [-0.15, -0.1) is 0 Å². The Morgan fingerprint density at radius 1 is 1.18 bits per heavy atom. The molecule has 2 spiro atoms. The Morgan fingerprint density at radius 3 is 2.71 bits per heavy atom. The first-order chi connectivity index (χ1) is 16.0. The number of carboxylic acids is 1. The van der Waals surface area contributed by atoms with Gasteiger partial charge >= 0.3 is 11.9 Å². The predicted molar refractivity (Wildman–Crippen MR) is 123 cm³/mol. The second-order valence-corrected chi connectivity index (χ2v) is 11.0. The maximum Gasteiger partial charge on any atom is 0.332 e. The van der Waals surface area contributed by atoms with Gasteiger partial charge < -0.3 is 28.8 Å². The zero-order chi connectivity index (χ0) is 24.6. The van der Waals surface area contributed by atoms with Crippen molar-refractivity contribution in [3.63, 3.8) is 0 Å². The number of unbranched alkanes of at least 4 members (excludes halogenated alkanes) is 1. The van der Waals surface area contributed by atoms with Gasteiger partial charge in [-0.25, -0.2) is 4.79 Å². The van der Waals surface area contributed by atoms with Crippen molar-refractivity contribution in [3.05, 3.63) is 24.3 Å². The van der Waals surface area contributed by atoms with Crippen LogP contribution in [0, 0.1) is 11.3 Å². The van der Waals surface area contributed by atoms with E-state index in [2.05, 4.69) is 25.2 Å². The van der Waals surface area contributed by atoms with E-state index >= 15 is 0 Å². The van der Waals surface area contributed by atoms with Gasteiger partial charge in [-0.05, 0) is 52.5 Å². The monoisotopic (exact) mass is 478 g/mol. The highest BCUT2D eigenvalue weighted by Gasteiger charge is 2.60. The van der Waals surface area contributed by atoms with Crippen molar-refractivity contribution in [1.82, 2.24) is 0 Å². The summed E-state index contributed by atoms with van der Waals surface area (Å²) in [6.07, 6.45) is 11.6. The third kappa shape index (κ3) is 5.40. The average molecular weight is 479 g/mol. The highest BCUT2D eigenvalue weighted by atomic mass is 16.8. The molecule has 3 saturated heterocycles. The van der Waals surface area contributed by atoms with Gasteiger partial charge in [0.25, 0.3) is 0 Å². The van der Waals surface area contributed by atoms with Crippen molar-refractivity contribution < 1.29 is 38.4 Å². The van der Waals surface area contributed by atoms with Gasteiger partial charge in [0.05, 0.1) is 30.3 Å². The van der Waals surface area contributed by atoms with E-state index in [9.17, 15) is 14.7 Å². The van der Waals surface area contributed by atoms with Gasteiger partial charge in [-0.3, -0.25) is 4.79 Å². The second kappa shape index (κ2) is 9.72. The first kappa shape index (κ1) is 25.4. The Bertz CT molecular complexity index is 829. The van der Waals surface area contributed by atoms with Crippen LogP contribution in [0.25, 0.3) is 0 Å². The Morgan fingerprint density at radius 2 is 1.97 bits per heavy atom. The topological polar surface area (TPSA) is 101 Å². The number of hydrogen-bond acceptors (Lipinski definition) is 7. The molecule has 190 valence electrons. The summed E-state index contributed by atoms with van der Waals surface area (Å²) in [4.78, 5) is 23.2. The summed E-state index contributed by atoms with van der Waals surface area (Å²) in [6, 6.07) is 0. The lowest BCUT2D eigenvalue weighted by atomic mass is 9.86. The average Bonchev–Trinajstić information content (AvgIpc) is 3.32. The van der Waals surface area contributed by atoms with Crippen LogP contribution in [0.3, 0.4) is 0 Å². The lowest BCUT2D eigenvalue weighted by molar-refractivity contribution is -0.355. The number of carboxylic acid groups (broad SMARTS) is 1. The maximum atomic E-state index is 11.8. The number of aliphatic carboxylic acids is 1. The van der Waals surface area contributed by atoms with E-state index in [0.717, 1.165) is 19.3 Å². The minimum Gasteiger partial charge on any atom is -0.479 e. The van der Waals surface area contributed by atoms with E-state index in [1.807, 2.05) is 26.8 Å². The van der Waals surface area contributed by atoms with Crippen LogP contribution in [0.4, 0.5) is 0 Å². The molecule has 0 aliphatic carbocycles. The zero-order valence-electron chi connectivity index (χ0n) is 20.7. The zero-order valence-corrected chi connectivity index (χ0v) is 20.7. The van der Waals surface area contributed by atoms with Crippen LogP contribution in [0.2, 0.25) is 0 Å². The number of rotatable bonds is 6. The fourth-order valence-corrected chi connectivity index (χ4v) is 5.15. The third-order valence-electron chi connectivity index (χ3n) is 7.13. The molecule has 0 bridgehead atoms. The number of ether oxygens (including phenoxy) is 5. The standard InChI is InChI=1S/C26H38O8/c1-17-15-19-20(16-21(31-19)22(27)28)33-26(17)13-12-25(34-26)11-8-10-18(32-25)9-6-5-7-14-30-23(29)24(2,3)4/h6,8-9,11,17-21H,5,7,10,12-16H2,1-4H3,(H,27,28)/b9-6+/t17-,18+,19-,20-,21+,25-,26-/m0/s1. The summed E-state index contributed by atoms with van der Waals surface area (Å²) < 4.78 is 30.3. The van der Waals surface area contributed by atoms with Crippen molar-refractivity contribution in [2.24, 2.45) is 11.3 Å². The Hall–Kier alpha value is -1.74. The molecule has 0 unspecified atom stereocenters. The molecule has 34 heavy (non-hydrogen) atoms. The molecular weight excluding hydrogens is 440 g/mol. The number of allylic oxidation sites excluding steroid dienone is 1. The quantitative estimate of drug-likeness (QED) is 0.346. The number of esters is 1. The van der Waals surface area contributed by atoms with Gasteiger partial charge in [-0.2, -0.15) is 0 Å². The molecule has 0 aromatic rings. The third-order valence-corrected chi connectivity index (χ3v) is 7.13. The van der Waals surface area contributed by atoms with Gasteiger partial charge in [0.1, 0.15) is 0 Å². The van der Waals surface area contributed by atoms with E-state index in [0.29, 0.717) is 32.3 Å². The lowest BCUT2D eigenvalue weighted by Crippen LogP contribution is -2.53. The number of carbonyl (C=O) groups is 2. The Kier molecular flexibility index (Phi) is 7.25. The smallest absolute Gasteiger partial charge is 0.332 e. The van der Waals surface area contributed by atoms with Crippen LogP contribution in [-0.2, 0) is 33.3 Å². The summed E-state index contributed by atoms with van der Waals surface area (Å²) in [7, 11) is 0. The van der Waals surface area contributed by atoms with Gasteiger partial charge in [0.2, 0.25) is 0 Å². The molecule has 4 aliphatic rings. The van der Waals surface area contributed by atoms with Crippen LogP contribution >= 0.6 is 0 Å². The Balaban J connectivity index is 1.28. The summed E-state index contributed by atoms with van der Waals surface area (Å²) in [5.41, 5.74) is -0.478. The molecule has 8 nitrogen and oxygen atoms in total. The van der Waals surface area contributed by atoms with Crippen LogP contribution < -0.4 is 0 Å². The first-order valence-electron chi connectivity index (χ1n) is 12.5. The molecule has 7 atom stereocenters. The molecular formula is C26H38O8. The molecule has 0 radical (unpaired) electrons. The van der Waals surface area contributed by atoms with E-state index in [1.165, 1.54) is 0 Å². The Labute approximate surface area is 201 Å². The molecule has 1 N–H and O–H groups in total. The van der Waals surface area contributed by atoms with E-state index < -0.39 is 29.1 Å². The highest BCUT2D eigenvalue weighted by Crippen LogP contribution is 2.52. The van der Waals surface area contributed by atoms with Crippen molar-refractivity contribution in [2.75, 3.05) is 6.61 Å². The van der Waals surface area contributed by atoms with E-state index in [1.54, 1.807) is 0 Å². The molecule has 4 rings (SSSR count).